The van der Waals surface area contributed by atoms with Gasteiger partial charge in [0.15, 0.2) is 0 Å². The largest absolute Gasteiger partial charge is 0.354 e. The number of halogens is 2. The van der Waals surface area contributed by atoms with Crippen LogP contribution in [-0.4, -0.2) is 44.3 Å². The van der Waals surface area contributed by atoms with Gasteiger partial charge in [0.1, 0.15) is 12.6 Å². The van der Waals surface area contributed by atoms with Crippen molar-refractivity contribution in [1.29, 1.82) is 0 Å². The molecular formula is C29H33Cl2N3O4S. The minimum atomic E-state index is -4.17. The Balaban J connectivity index is 2.05. The maximum Gasteiger partial charge on any atom is 0.264 e. The van der Waals surface area contributed by atoms with Crippen LogP contribution in [0.1, 0.15) is 37.0 Å². The first-order valence-corrected chi connectivity index (χ1v) is 14.8. The van der Waals surface area contributed by atoms with E-state index in [1.807, 2.05) is 13.8 Å². The molecule has 0 saturated carbocycles. The number of nitrogens with zero attached hydrogens (tertiary/aromatic N) is 2. The SMILES string of the molecule is CCCNC(=O)C(C)N(Cc1ccc(Cl)cc1)C(=O)CN(c1cccc(Cl)c1C)S(=O)(=O)c1ccc(C)cc1. The summed E-state index contributed by atoms with van der Waals surface area (Å²) in [5, 5.41) is 3.73. The highest BCUT2D eigenvalue weighted by Gasteiger charge is 2.33. The molecule has 3 aromatic carbocycles. The highest BCUT2D eigenvalue weighted by molar-refractivity contribution is 7.92. The van der Waals surface area contributed by atoms with Crippen LogP contribution in [0.3, 0.4) is 0 Å². The summed E-state index contributed by atoms with van der Waals surface area (Å²) < 4.78 is 28.9. The predicted molar refractivity (Wildman–Crippen MR) is 157 cm³/mol. The molecule has 39 heavy (non-hydrogen) atoms. The minimum Gasteiger partial charge on any atom is -0.354 e. The third-order valence-electron chi connectivity index (χ3n) is 6.38. The highest BCUT2D eigenvalue weighted by atomic mass is 35.5. The first-order chi connectivity index (χ1) is 18.4. The van der Waals surface area contributed by atoms with Gasteiger partial charge in [-0.1, -0.05) is 66.0 Å². The number of hydrogen-bond acceptors (Lipinski definition) is 4. The Labute approximate surface area is 240 Å². The Morgan fingerprint density at radius 2 is 1.59 bits per heavy atom. The van der Waals surface area contributed by atoms with Crippen molar-refractivity contribution in [2.75, 3.05) is 17.4 Å². The first kappa shape index (κ1) is 30.5. The van der Waals surface area contributed by atoms with Gasteiger partial charge in [-0.25, -0.2) is 8.42 Å². The molecule has 3 aromatic rings. The minimum absolute atomic E-state index is 0.0401. The van der Waals surface area contributed by atoms with Gasteiger partial charge in [0, 0.05) is 23.1 Å². The molecule has 2 amide bonds. The number of amides is 2. The lowest BCUT2D eigenvalue weighted by atomic mass is 10.1. The molecule has 0 aliphatic rings. The molecule has 7 nitrogen and oxygen atoms in total. The van der Waals surface area contributed by atoms with Crippen LogP contribution in [0.2, 0.25) is 10.0 Å². The average Bonchev–Trinajstić information content (AvgIpc) is 2.91. The lowest BCUT2D eigenvalue weighted by molar-refractivity contribution is -0.139. The van der Waals surface area contributed by atoms with Crippen LogP contribution >= 0.6 is 23.2 Å². The molecule has 0 aromatic heterocycles. The monoisotopic (exact) mass is 589 g/mol. The van der Waals surface area contributed by atoms with Crippen LogP contribution in [-0.2, 0) is 26.2 Å². The quantitative estimate of drug-likeness (QED) is 0.308. The number of nitrogens with one attached hydrogen (secondary N) is 1. The molecule has 10 heteroatoms. The predicted octanol–water partition coefficient (Wildman–Crippen LogP) is 5.75. The fourth-order valence-electron chi connectivity index (χ4n) is 3.98. The molecule has 0 heterocycles. The van der Waals surface area contributed by atoms with Gasteiger partial charge in [-0.3, -0.25) is 13.9 Å². The van der Waals surface area contributed by atoms with Crippen LogP contribution in [0.4, 0.5) is 5.69 Å². The Hall–Kier alpha value is -3.07. The summed E-state index contributed by atoms with van der Waals surface area (Å²) in [6, 6.07) is 17.4. The van der Waals surface area contributed by atoms with E-state index in [1.165, 1.54) is 17.0 Å². The standard InChI is InChI=1S/C29H33Cl2N3O4S/c1-5-17-32-29(36)22(4)33(18-23-11-13-24(30)14-12-23)28(35)19-34(27-8-6-7-26(31)21(27)3)39(37,38)25-15-9-20(2)10-16-25/h6-16,22H,5,17-19H2,1-4H3,(H,32,36). The van der Waals surface area contributed by atoms with E-state index in [0.717, 1.165) is 21.9 Å². The average molecular weight is 591 g/mol. The Kier molecular flexibility index (Phi) is 10.4. The molecule has 0 saturated heterocycles. The summed E-state index contributed by atoms with van der Waals surface area (Å²) >= 11 is 12.4. The molecule has 1 N–H and O–H groups in total. The lowest BCUT2D eigenvalue weighted by Crippen LogP contribution is -2.51. The van der Waals surface area contributed by atoms with Crippen molar-refractivity contribution in [1.82, 2.24) is 10.2 Å². The van der Waals surface area contributed by atoms with Gasteiger partial charge in [-0.15, -0.1) is 0 Å². The van der Waals surface area contributed by atoms with Crippen molar-refractivity contribution in [3.8, 4) is 0 Å². The van der Waals surface area contributed by atoms with Crippen LogP contribution in [0.5, 0.6) is 0 Å². The zero-order chi connectivity index (χ0) is 28.7. The zero-order valence-corrected chi connectivity index (χ0v) is 24.8. The summed E-state index contributed by atoms with van der Waals surface area (Å²) in [5.74, 6) is -0.870. The van der Waals surface area contributed by atoms with Gasteiger partial charge >= 0.3 is 0 Å². The number of sulfonamides is 1. The Bertz CT molecular complexity index is 1410. The second-order valence-electron chi connectivity index (χ2n) is 9.32. The zero-order valence-electron chi connectivity index (χ0n) is 22.4. The molecule has 1 unspecified atom stereocenters. The molecule has 0 spiro atoms. The van der Waals surface area contributed by atoms with Crippen LogP contribution in [0, 0.1) is 13.8 Å². The normalized spacial score (nSPS) is 12.1. The molecule has 0 radical (unpaired) electrons. The van der Waals surface area contributed by atoms with Gasteiger partial charge in [-0.05, 0) is 74.7 Å². The Morgan fingerprint density at radius 1 is 0.949 bits per heavy atom. The third-order valence-corrected chi connectivity index (χ3v) is 8.81. The van der Waals surface area contributed by atoms with E-state index >= 15 is 0 Å². The maximum atomic E-state index is 13.9. The number of aryl methyl sites for hydroxylation is 1. The fourth-order valence-corrected chi connectivity index (χ4v) is 5.75. The van der Waals surface area contributed by atoms with Crippen molar-refractivity contribution in [3.05, 3.63) is 93.5 Å². The molecule has 1 atom stereocenters. The number of carbonyl (C=O) groups excluding carboxylic acids is 2. The lowest BCUT2D eigenvalue weighted by Gasteiger charge is -2.32. The summed E-state index contributed by atoms with van der Waals surface area (Å²) in [6.45, 7) is 7.14. The van der Waals surface area contributed by atoms with Gasteiger partial charge in [-0.2, -0.15) is 0 Å². The van der Waals surface area contributed by atoms with Gasteiger partial charge < -0.3 is 10.2 Å². The smallest absolute Gasteiger partial charge is 0.264 e. The molecule has 0 fully saturated rings. The van der Waals surface area contributed by atoms with Crippen LogP contribution in [0.15, 0.2) is 71.6 Å². The van der Waals surface area contributed by atoms with E-state index in [1.54, 1.807) is 68.4 Å². The molecular weight excluding hydrogens is 557 g/mol. The summed E-state index contributed by atoms with van der Waals surface area (Å²) in [5.41, 5.74) is 2.44. The second kappa shape index (κ2) is 13.3. The summed E-state index contributed by atoms with van der Waals surface area (Å²) in [4.78, 5) is 28.3. The Morgan fingerprint density at radius 3 is 2.21 bits per heavy atom. The van der Waals surface area contributed by atoms with Crippen molar-refractivity contribution < 1.29 is 18.0 Å². The fraction of sp³-hybridized carbons (Fsp3) is 0.310. The van der Waals surface area contributed by atoms with Crippen LogP contribution in [0.25, 0.3) is 0 Å². The van der Waals surface area contributed by atoms with E-state index in [4.69, 9.17) is 23.2 Å². The van der Waals surface area contributed by atoms with Crippen LogP contribution < -0.4 is 9.62 Å². The molecule has 3 rings (SSSR count). The number of rotatable bonds is 11. The third kappa shape index (κ3) is 7.53. The van der Waals surface area contributed by atoms with Crippen molar-refractivity contribution >= 4 is 50.7 Å². The van der Waals surface area contributed by atoms with Gasteiger partial charge in [0.25, 0.3) is 10.0 Å². The van der Waals surface area contributed by atoms with E-state index < -0.39 is 28.5 Å². The summed E-state index contributed by atoms with van der Waals surface area (Å²) in [7, 11) is -4.17. The van der Waals surface area contributed by atoms with Gasteiger partial charge in [0.05, 0.1) is 10.6 Å². The number of benzene rings is 3. The van der Waals surface area contributed by atoms with E-state index in [0.29, 0.717) is 22.2 Å². The molecule has 0 bridgehead atoms. The number of hydrogen-bond donors (Lipinski definition) is 1. The number of anilines is 1. The second-order valence-corrected chi connectivity index (χ2v) is 12.0. The molecule has 208 valence electrons. The van der Waals surface area contributed by atoms with Crippen molar-refractivity contribution in [3.63, 3.8) is 0 Å². The topological polar surface area (TPSA) is 86.8 Å². The summed E-state index contributed by atoms with van der Waals surface area (Å²) in [6.07, 6.45) is 0.736. The van der Waals surface area contributed by atoms with E-state index in [2.05, 4.69) is 5.32 Å². The molecule has 0 aliphatic carbocycles. The number of carbonyl (C=O) groups is 2. The maximum absolute atomic E-state index is 13.9. The van der Waals surface area contributed by atoms with Gasteiger partial charge in [0.2, 0.25) is 11.8 Å². The van der Waals surface area contributed by atoms with Crippen molar-refractivity contribution in [2.45, 2.75) is 51.6 Å². The van der Waals surface area contributed by atoms with E-state index in [9.17, 15) is 18.0 Å². The van der Waals surface area contributed by atoms with E-state index in [-0.39, 0.29) is 23.0 Å². The highest BCUT2D eigenvalue weighted by Crippen LogP contribution is 2.31. The molecule has 0 aliphatic heterocycles. The van der Waals surface area contributed by atoms with Crippen molar-refractivity contribution in [2.24, 2.45) is 0 Å². The first-order valence-electron chi connectivity index (χ1n) is 12.6.